The van der Waals surface area contributed by atoms with Gasteiger partial charge in [0.15, 0.2) is 0 Å². The van der Waals surface area contributed by atoms with Crippen LogP contribution >= 0.6 is 0 Å². The Labute approximate surface area is 160 Å². The number of sulfonamides is 1. The van der Waals surface area contributed by atoms with Crippen LogP contribution in [-0.4, -0.2) is 50.2 Å². The van der Waals surface area contributed by atoms with Crippen LogP contribution in [0.2, 0.25) is 0 Å². The summed E-state index contributed by atoms with van der Waals surface area (Å²) < 4.78 is 25.5. The van der Waals surface area contributed by atoms with Crippen molar-refractivity contribution in [3.63, 3.8) is 0 Å². The lowest BCUT2D eigenvalue weighted by Crippen LogP contribution is -2.45. The molecule has 148 valence electrons. The lowest BCUT2D eigenvalue weighted by molar-refractivity contribution is -0.126. The fourth-order valence-electron chi connectivity index (χ4n) is 3.52. The summed E-state index contributed by atoms with van der Waals surface area (Å²) in [5.74, 6) is -0.419. The molecule has 0 aliphatic carbocycles. The van der Waals surface area contributed by atoms with Gasteiger partial charge in [-0.1, -0.05) is 30.3 Å². The highest BCUT2D eigenvalue weighted by molar-refractivity contribution is 7.89. The minimum Gasteiger partial charge on any atom is -0.273 e. The number of nitrogens with one attached hydrogen (secondary N) is 3. The first kappa shape index (κ1) is 19.9. The van der Waals surface area contributed by atoms with Gasteiger partial charge in [-0.25, -0.2) is 23.6 Å². The zero-order valence-corrected chi connectivity index (χ0v) is 16.3. The maximum atomic E-state index is 12.4. The van der Waals surface area contributed by atoms with Crippen LogP contribution in [0.4, 0.5) is 0 Å². The first-order chi connectivity index (χ1) is 13.0. The smallest absolute Gasteiger partial charge is 0.244 e. The summed E-state index contributed by atoms with van der Waals surface area (Å²) in [5.41, 5.74) is 10.1. The van der Waals surface area contributed by atoms with E-state index in [0.717, 1.165) is 5.56 Å². The van der Waals surface area contributed by atoms with Crippen molar-refractivity contribution in [3.05, 3.63) is 35.9 Å². The Kier molecular flexibility index (Phi) is 6.59. The van der Waals surface area contributed by atoms with Gasteiger partial charge in [0.25, 0.3) is 0 Å². The van der Waals surface area contributed by atoms with E-state index in [2.05, 4.69) is 33.5 Å². The second-order valence-corrected chi connectivity index (χ2v) is 9.19. The van der Waals surface area contributed by atoms with Gasteiger partial charge in [-0.05, 0) is 25.3 Å². The summed E-state index contributed by atoms with van der Waals surface area (Å²) in [5, 5.41) is 4.14. The molecule has 1 amide bonds. The Morgan fingerprint density at radius 3 is 2.89 bits per heavy atom. The minimum absolute atomic E-state index is 0.0576. The monoisotopic (exact) mass is 393 g/mol. The van der Waals surface area contributed by atoms with E-state index in [4.69, 9.17) is 0 Å². The topological polar surface area (TPSA) is 103 Å². The van der Waals surface area contributed by atoms with E-state index in [1.54, 1.807) is 13.1 Å². The highest BCUT2D eigenvalue weighted by Gasteiger charge is 2.31. The number of hydrogen-bond donors (Lipinski definition) is 3. The normalized spacial score (nSPS) is 27.1. The van der Waals surface area contributed by atoms with Crippen LogP contribution in [0.15, 0.2) is 35.4 Å². The van der Waals surface area contributed by atoms with Crippen molar-refractivity contribution in [2.24, 2.45) is 16.9 Å². The molecular formula is C18H27N5O3S. The van der Waals surface area contributed by atoms with E-state index in [1.165, 1.54) is 4.31 Å². The average Bonchev–Trinajstić information content (AvgIpc) is 3.17. The van der Waals surface area contributed by atoms with E-state index < -0.39 is 10.0 Å². The number of carbonyl (C=O) groups is 1. The van der Waals surface area contributed by atoms with Crippen LogP contribution in [0.3, 0.4) is 0 Å². The molecule has 1 aromatic rings. The van der Waals surface area contributed by atoms with Crippen molar-refractivity contribution < 1.29 is 13.2 Å². The number of rotatable bonds is 6. The Morgan fingerprint density at radius 1 is 1.37 bits per heavy atom. The predicted octanol–water partition coefficient (Wildman–Crippen LogP) is 0.615. The first-order valence-electron chi connectivity index (χ1n) is 9.35. The lowest BCUT2D eigenvalue weighted by Gasteiger charge is -2.30. The van der Waals surface area contributed by atoms with Gasteiger partial charge in [-0.2, -0.15) is 5.10 Å². The van der Waals surface area contributed by atoms with Gasteiger partial charge in [-0.3, -0.25) is 10.2 Å². The zero-order chi connectivity index (χ0) is 19.3. The summed E-state index contributed by atoms with van der Waals surface area (Å²) in [6, 6.07) is 10.1. The fourth-order valence-corrected chi connectivity index (χ4v) is 4.70. The molecule has 2 aliphatic rings. The molecule has 3 atom stereocenters. The Bertz CT molecular complexity index is 768. The molecule has 2 heterocycles. The van der Waals surface area contributed by atoms with Gasteiger partial charge in [-0.15, -0.1) is 0 Å². The average molecular weight is 394 g/mol. The maximum Gasteiger partial charge on any atom is 0.244 e. The number of nitrogens with zero attached hydrogens (tertiary/aromatic N) is 2. The summed E-state index contributed by atoms with van der Waals surface area (Å²) in [6.45, 7) is 3.05. The number of amides is 1. The highest BCUT2D eigenvalue weighted by atomic mass is 32.2. The molecule has 2 fully saturated rings. The first-order valence-corrected chi connectivity index (χ1v) is 11.0. The van der Waals surface area contributed by atoms with Crippen molar-refractivity contribution in [1.82, 2.24) is 20.6 Å². The minimum atomic E-state index is -3.26. The Hall–Kier alpha value is -1.81. The quantitative estimate of drug-likeness (QED) is 0.486. The maximum absolute atomic E-state index is 12.4. The van der Waals surface area contributed by atoms with Crippen LogP contribution in [-0.2, 0) is 14.8 Å². The summed E-state index contributed by atoms with van der Waals surface area (Å²) in [4.78, 5) is 12.4. The molecule has 1 aromatic carbocycles. The number of benzene rings is 1. The fraction of sp³-hybridized carbons (Fsp3) is 0.556. The molecule has 0 aromatic heterocycles. The van der Waals surface area contributed by atoms with Crippen molar-refractivity contribution in [1.29, 1.82) is 0 Å². The number of carbonyl (C=O) groups excluding carboxylic acids is 1. The molecule has 3 rings (SSSR count). The zero-order valence-electron chi connectivity index (χ0n) is 15.5. The van der Waals surface area contributed by atoms with Crippen LogP contribution in [0.5, 0.6) is 0 Å². The molecule has 2 saturated heterocycles. The molecule has 0 radical (unpaired) electrons. The van der Waals surface area contributed by atoms with Crippen LogP contribution in [0.1, 0.15) is 31.4 Å². The Morgan fingerprint density at radius 2 is 2.15 bits per heavy atom. The molecule has 3 N–H and O–H groups in total. The van der Waals surface area contributed by atoms with Gasteiger partial charge in [0, 0.05) is 31.8 Å². The molecule has 3 unspecified atom stereocenters. The number of hydrazone groups is 1. The molecule has 8 nitrogen and oxygen atoms in total. The van der Waals surface area contributed by atoms with E-state index in [9.17, 15) is 13.2 Å². The van der Waals surface area contributed by atoms with Gasteiger partial charge >= 0.3 is 0 Å². The number of hydrazine groups is 1. The highest BCUT2D eigenvalue weighted by Crippen LogP contribution is 2.23. The number of piperidine rings is 1. The van der Waals surface area contributed by atoms with Gasteiger partial charge in [0.2, 0.25) is 15.9 Å². The van der Waals surface area contributed by atoms with Crippen molar-refractivity contribution in [3.8, 4) is 0 Å². The third-order valence-electron chi connectivity index (χ3n) is 5.14. The van der Waals surface area contributed by atoms with Gasteiger partial charge < -0.3 is 0 Å². The van der Waals surface area contributed by atoms with E-state index in [1.807, 2.05) is 18.2 Å². The summed E-state index contributed by atoms with van der Waals surface area (Å²) >= 11 is 0. The van der Waals surface area contributed by atoms with Gasteiger partial charge in [0.1, 0.15) is 0 Å². The molecule has 2 aliphatic heterocycles. The van der Waals surface area contributed by atoms with Gasteiger partial charge in [0.05, 0.1) is 17.7 Å². The SMILES string of the molecule is CCS(=O)(=O)N1CCCC(C(=O)N/N=C/C2CNNC2c2ccccc2)C1. The Balaban J connectivity index is 1.55. The van der Waals surface area contributed by atoms with Crippen LogP contribution in [0, 0.1) is 11.8 Å². The summed E-state index contributed by atoms with van der Waals surface area (Å²) in [6.07, 6.45) is 3.11. The second-order valence-electron chi connectivity index (χ2n) is 6.93. The van der Waals surface area contributed by atoms with Crippen LogP contribution in [0.25, 0.3) is 0 Å². The predicted molar refractivity (Wildman–Crippen MR) is 104 cm³/mol. The van der Waals surface area contributed by atoms with Crippen molar-refractivity contribution >= 4 is 22.1 Å². The van der Waals surface area contributed by atoms with Crippen LogP contribution < -0.4 is 16.3 Å². The second kappa shape index (κ2) is 8.92. The van der Waals surface area contributed by atoms with E-state index in [0.29, 0.717) is 25.9 Å². The molecule has 0 saturated carbocycles. The largest absolute Gasteiger partial charge is 0.273 e. The number of hydrogen-bond acceptors (Lipinski definition) is 6. The van der Waals surface area contributed by atoms with Crippen molar-refractivity contribution in [2.75, 3.05) is 25.4 Å². The lowest BCUT2D eigenvalue weighted by atomic mass is 9.96. The standard InChI is InChI=1S/C18H27N5O3S/c1-2-27(25,26)23-10-6-9-15(13-23)18(24)22-20-12-16-11-19-21-17(16)14-7-4-3-5-8-14/h3-5,7-8,12,15-17,19,21H,2,6,9-11,13H2,1H3,(H,22,24)/b20-12+. The molecular weight excluding hydrogens is 366 g/mol. The molecule has 27 heavy (non-hydrogen) atoms. The van der Waals surface area contributed by atoms with E-state index in [-0.39, 0.29) is 36.1 Å². The third kappa shape index (κ3) is 4.92. The van der Waals surface area contributed by atoms with E-state index >= 15 is 0 Å². The molecule has 0 spiro atoms. The van der Waals surface area contributed by atoms with Crippen molar-refractivity contribution in [2.45, 2.75) is 25.8 Å². The summed E-state index contributed by atoms with van der Waals surface area (Å²) in [7, 11) is -3.26. The third-order valence-corrected chi connectivity index (χ3v) is 6.98. The molecule has 9 heteroatoms. The molecule has 0 bridgehead atoms.